The van der Waals surface area contributed by atoms with Crippen LogP contribution in [0.25, 0.3) is 16.3 Å². The van der Waals surface area contributed by atoms with E-state index < -0.39 is 5.91 Å². The van der Waals surface area contributed by atoms with Gasteiger partial charge in [0.05, 0.1) is 5.69 Å². The van der Waals surface area contributed by atoms with Gasteiger partial charge in [-0.2, -0.15) is 5.10 Å². The highest BCUT2D eigenvalue weighted by atomic mass is 32.1. The Balaban J connectivity index is 1.46. The zero-order chi connectivity index (χ0) is 20.4. The van der Waals surface area contributed by atoms with E-state index in [0.717, 1.165) is 16.3 Å². The van der Waals surface area contributed by atoms with Crippen molar-refractivity contribution < 1.29 is 9.59 Å². The molecule has 29 heavy (non-hydrogen) atoms. The van der Waals surface area contributed by atoms with Crippen LogP contribution in [0.5, 0.6) is 0 Å². The first kappa shape index (κ1) is 18.6. The van der Waals surface area contributed by atoms with Gasteiger partial charge in [0.2, 0.25) is 0 Å². The van der Waals surface area contributed by atoms with Crippen molar-refractivity contribution in [3.05, 3.63) is 83.1 Å². The summed E-state index contributed by atoms with van der Waals surface area (Å²) in [4.78, 5) is 28.1. The van der Waals surface area contributed by atoms with E-state index in [1.807, 2.05) is 31.2 Å². The van der Waals surface area contributed by atoms with Gasteiger partial charge in [-0.3, -0.25) is 9.59 Å². The quantitative estimate of drug-likeness (QED) is 0.531. The van der Waals surface area contributed by atoms with Crippen LogP contribution in [0.3, 0.4) is 0 Å². The normalized spacial score (nSPS) is 10.7. The Kier molecular flexibility index (Phi) is 4.92. The van der Waals surface area contributed by atoms with Gasteiger partial charge in [-0.15, -0.1) is 11.3 Å². The number of rotatable bonds is 5. The minimum Gasteiger partial charge on any atom is -0.364 e. The van der Waals surface area contributed by atoms with Crippen LogP contribution in [0.15, 0.2) is 66.2 Å². The van der Waals surface area contributed by atoms with E-state index in [-0.39, 0.29) is 11.6 Å². The lowest BCUT2D eigenvalue weighted by atomic mass is 10.2. The molecule has 0 unspecified atom stereocenters. The predicted molar refractivity (Wildman–Crippen MR) is 112 cm³/mol. The number of thiazole rings is 1. The Labute approximate surface area is 170 Å². The van der Waals surface area contributed by atoms with E-state index in [0.29, 0.717) is 11.4 Å². The minimum absolute atomic E-state index is 0.190. The number of carbonyl (C=O) groups is 2. The summed E-state index contributed by atoms with van der Waals surface area (Å²) < 4.78 is 1.54. The number of nitrogens with one attached hydrogen (secondary N) is 1. The van der Waals surface area contributed by atoms with Crippen LogP contribution in [0.1, 0.15) is 26.5 Å². The number of nitrogens with zero attached hydrogens (tertiary/aromatic N) is 3. The van der Waals surface area contributed by atoms with Crippen LogP contribution in [0.4, 0.5) is 5.69 Å². The highest BCUT2D eigenvalue weighted by Crippen LogP contribution is 2.24. The second kappa shape index (κ2) is 7.69. The molecule has 0 aliphatic heterocycles. The molecule has 0 saturated heterocycles. The molecule has 0 fully saturated rings. The van der Waals surface area contributed by atoms with Gasteiger partial charge in [0.15, 0.2) is 0 Å². The third-order valence-corrected chi connectivity index (χ3v) is 5.16. The Hall–Kier alpha value is -3.78. The van der Waals surface area contributed by atoms with Crippen molar-refractivity contribution in [3.8, 4) is 16.3 Å². The summed E-state index contributed by atoms with van der Waals surface area (Å²) >= 11 is 1.43. The number of amides is 2. The second-order valence-electron chi connectivity index (χ2n) is 6.41. The van der Waals surface area contributed by atoms with Gasteiger partial charge in [0.25, 0.3) is 11.8 Å². The van der Waals surface area contributed by atoms with Gasteiger partial charge in [0, 0.05) is 22.8 Å². The number of hydrogen-bond acceptors (Lipinski definition) is 5. The summed E-state index contributed by atoms with van der Waals surface area (Å²) in [5.41, 5.74) is 9.31. The summed E-state index contributed by atoms with van der Waals surface area (Å²) in [5.74, 6) is -0.858. The summed E-state index contributed by atoms with van der Waals surface area (Å²) in [5, 5.41) is 9.48. The van der Waals surface area contributed by atoms with Gasteiger partial charge < -0.3 is 11.1 Å². The third kappa shape index (κ3) is 4.07. The lowest BCUT2D eigenvalue weighted by Gasteiger charge is -2.05. The number of anilines is 1. The number of aromatic nitrogens is 3. The summed E-state index contributed by atoms with van der Waals surface area (Å²) in [6, 6.07) is 16.7. The summed E-state index contributed by atoms with van der Waals surface area (Å²) in [6.07, 6.45) is 1.65. The van der Waals surface area contributed by atoms with Crippen LogP contribution in [0, 0.1) is 6.92 Å². The van der Waals surface area contributed by atoms with Crippen LogP contribution >= 0.6 is 11.3 Å². The van der Waals surface area contributed by atoms with Crippen molar-refractivity contribution in [1.82, 2.24) is 14.8 Å². The van der Waals surface area contributed by atoms with Crippen molar-refractivity contribution in [2.24, 2.45) is 5.73 Å². The Bertz CT molecular complexity index is 1180. The smallest absolute Gasteiger partial charge is 0.275 e. The van der Waals surface area contributed by atoms with Crippen LogP contribution in [0.2, 0.25) is 0 Å². The topological polar surface area (TPSA) is 103 Å². The monoisotopic (exact) mass is 403 g/mol. The largest absolute Gasteiger partial charge is 0.364 e. The van der Waals surface area contributed by atoms with Crippen molar-refractivity contribution >= 4 is 28.8 Å². The first-order valence-corrected chi connectivity index (χ1v) is 9.67. The lowest BCUT2D eigenvalue weighted by molar-refractivity contribution is 0.0992. The fourth-order valence-electron chi connectivity index (χ4n) is 2.70. The second-order valence-corrected chi connectivity index (χ2v) is 7.27. The number of nitrogens with two attached hydrogens (primary N) is 1. The highest BCUT2D eigenvalue weighted by molar-refractivity contribution is 7.13. The number of aryl methyl sites for hydroxylation is 1. The zero-order valence-corrected chi connectivity index (χ0v) is 16.3. The maximum Gasteiger partial charge on any atom is 0.275 e. The van der Waals surface area contributed by atoms with E-state index in [4.69, 9.17) is 5.73 Å². The van der Waals surface area contributed by atoms with E-state index >= 15 is 0 Å². The first-order valence-electron chi connectivity index (χ1n) is 8.79. The Morgan fingerprint density at radius 3 is 2.38 bits per heavy atom. The Morgan fingerprint density at radius 2 is 1.72 bits per heavy atom. The Morgan fingerprint density at radius 1 is 1.00 bits per heavy atom. The maximum atomic E-state index is 12.5. The molecule has 0 bridgehead atoms. The molecule has 3 N–H and O–H groups in total. The fraction of sp³-hybridized carbons (Fsp3) is 0.0476. The number of hydrogen-bond donors (Lipinski definition) is 2. The van der Waals surface area contributed by atoms with Crippen molar-refractivity contribution in [3.63, 3.8) is 0 Å². The van der Waals surface area contributed by atoms with Gasteiger partial charge in [-0.1, -0.05) is 29.8 Å². The first-order chi connectivity index (χ1) is 14.0. The van der Waals surface area contributed by atoms with Crippen LogP contribution in [-0.4, -0.2) is 26.6 Å². The summed E-state index contributed by atoms with van der Waals surface area (Å²) in [7, 11) is 0. The molecule has 0 aliphatic rings. The molecule has 0 radical (unpaired) electrons. The molecule has 4 rings (SSSR count). The average molecular weight is 403 g/mol. The zero-order valence-electron chi connectivity index (χ0n) is 15.5. The molecule has 2 heterocycles. The minimum atomic E-state index is -0.582. The molecule has 2 amide bonds. The lowest BCUT2D eigenvalue weighted by Crippen LogP contribution is -2.13. The van der Waals surface area contributed by atoms with Crippen molar-refractivity contribution in [2.75, 3.05) is 5.32 Å². The molecule has 0 saturated carbocycles. The van der Waals surface area contributed by atoms with E-state index in [2.05, 4.69) is 15.4 Å². The van der Waals surface area contributed by atoms with E-state index in [1.54, 1.807) is 46.6 Å². The molecule has 8 heteroatoms. The SMILES string of the molecule is Cc1ccc(-c2nc(C(=O)Nc3ccc(-n4ccc(C(N)=O)n4)cc3)cs2)cc1. The highest BCUT2D eigenvalue weighted by Gasteiger charge is 2.12. The molecule has 4 aromatic rings. The molecule has 7 nitrogen and oxygen atoms in total. The van der Waals surface area contributed by atoms with Crippen LogP contribution in [-0.2, 0) is 0 Å². The van der Waals surface area contributed by atoms with Gasteiger partial charge in [0.1, 0.15) is 16.4 Å². The van der Waals surface area contributed by atoms with E-state index in [9.17, 15) is 9.59 Å². The number of carbonyl (C=O) groups excluding carboxylic acids is 2. The van der Waals surface area contributed by atoms with E-state index in [1.165, 1.54) is 16.9 Å². The third-order valence-electron chi connectivity index (χ3n) is 4.27. The molecule has 0 spiro atoms. The number of primary amides is 1. The van der Waals surface area contributed by atoms with Gasteiger partial charge >= 0.3 is 0 Å². The molecule has 2 aromatic heterocycles. The fourth-order valence-corrected chi connectivity index (χ4v) is 3.50. The van der Waals surface area contributed by atoms with Crippen LogP contribution < -0.4 is 11.1 Å². The molecule has 144 valence electrons. The molecule has 2 aromatic carbocycles. The van der Waals surface area contributed by atoms with Crippen molar-refractivity contribution in [1.29, 1.82) is 0 Å². The molecular formula is C21H17N5O2S. The predicted octanol–water partition coefficient (Wildman–Crippen LogP) is 3.66. The maximum absolute atomic E-state index is 12.5. The average Bonchev–Trinajstić information content (AvgIpc) is 3.39. The summed E-state index contributed by atoms with van der Waals surface area (Å²) in [6.45, 7) is 2.03. The van der Waals surface area contributed by atoms with Crippen molar-refractivity contribution in [2.45, 2.75) is 6.92 Å². The molecule has 0 atom stereocenters. The standard InChI is InChI=1S/C21H17N5O2S/c1-13-2-4-14(5-3-13)21-24-18(12-29-21)20(28)23-15-6-8-16(9-7-15)26-11-10-17(25-26)19(22)27/h2-12H,1H3,(H2,22,27)(H,23,28). The number of benzene rings is 2. The van der Waals surface area contributed by atoms with Gasteiger partial charge in [-0.05, 0) is 37.3 Å². The molecular weight excluding hydrogens is 386 g/mol. The van der Waals surface area contributed by atoms with Gasteiger partial charge in [-0.25, -0.2) is 9.67 Å². The molecule has 0 aliphatic carbocycles.